The molecule has 3 rings (SSSR count). The number of anilines is 1. The second-order valence-corrected chi connectivity index (χ2v) is 6.79. The Balaban J connectivity index is 1.63. The van der Waals surface area contributed by atoms with Crippen molar-refractivity contribution in [3.8, 4) is 11.5 Å². The minimum Gasteiger partial charge on any atom is -0.411 e. The lowest BCUT2D eigenvalue weighted by molar-refractivity contribution is -0.115. The molecule has 1 N–H and O–H groups in total. The third kappa shape index (κ3) is 4.45. The highest BCUT2D eigenvalue weighted by molar-refractivity contribution is 8.00. The number of hydrogen-bond acceptors (Lipinski definition) is 5. The van der Waals surface area contributed by atoms with Crippen LogP contribution in [-0.2, 0) is 4.79 Å². The average Bonchev–Trinajstić information content (AvgIpc) is 3.04. The van der Waals surface area contributed by atoms with E-state index in [1.807, 2.05) is 31.2 Å². The first-order chi connectivity index (χ1) is 12.0. The smallest absolute Gasteiger partial charge is 0.277 e. The highest BCUT2D eigenvalue weighted by Crippen LogP contribution is 2.27. The van der Waals surface area contributed by atoms with Gasteiger partial charge in [0.1, 0.15) is 5.82 Å². The Bertz CT molecular complexity index is 880. The number of carbonyl (C=O) groups excluding carboxylic acids is 1. The summed E-state index contributed by atoms with van der Waals surface area (Å²) >= 11 is 1.15. The van der Waals surface area contributed by atoms with E-state index in [0.29, 0.717) is 16.8 Å². The van der Waals surface area contributed by atoms with E-state index in [9.17, 15) is 9.18 Å². The normalized spacial score (nSPS) is 12.0. The van der Waals surface area contributed by atoms with Gasteiger partial charge in [-0.1, -0.05) is 35.5 Å². The number of rotatable bonds is 5. The lowest BCUT2D eigenvalue weighted by atomic mass is 10.1. The largest absolute Gasteiger partial charge is 0.411 e. The Morgan fingerprint density at radius 1 is 1.20 bits per heavy atom. The van der Waals surface area contributed by atoms with E-state index >= 15 is 0 Å². The van der Waals surface area contributed by atoms with Crippen LogP contribution in [0.5, 0.6) is 0 Å². The predicted molar refractivity (Wildman–Crippen MR) is 94.8 cm³/mol. The lowest BCUT2D eigenvalue weighted by Crippen LogP contribution is -2.22. The Kier molecular flexibility index (Phi) is 5.14. The Hall–Kier alpha value is -2.67. The van der Waals surface area contributed by atoms with Gasteiger partial charge >= 0.3 is 0 Å². The Labute approximate surface area is 148 Å². The molecule has 0 spiro atoms. The highest BCUT2D eigenvalue weighted by atomic mass is 32.2. The monoisotopic (exact) mass is 357 g/mol. The quantitative estimate of drug-likeness (QED) is 0.690. The van der Waals surface area contributed by atoms with Crippen molar-refractivity contribution in [3.63, 3.8) is 0 Å². The van der Waals surface area contributed by atoms with Gasteiger partial charge in [-0.25, -0.2) is 4.39 Å². The number of nitrogens with one attached hydrogen (secondary N) is 1. The van der Waals surface area contributed by atoms with Gasteiger partial charge in [0, 0.05) is 11.3 Å². The summed E-state index contributed by atoms with van der Waals surface area (Å²) in [5, 5.41) is 10.5. The second kappa shape index (κ2) is 7.48. The summed E-state index contributed by atoms with van der Waals surface area (Å²) in [5.74, 6) is -0.274. The van der Waals surface area contributed by atoms with Gasteiger partial charge in [0.25, 0.3) is 5.22 Å². The summed E-state index contributed by atoms with van der Waals surface area (Å²) in [6.45, 7) is 3.72. The van der Waals surface area contributed by atoms with Crippen LogP contribution >= 0.6 is 11.8 Å². The summed E-state index contributed by atoms with van der Waals surface area (Å²) in [6, 6.07) is 13.5. The van der Waals surface area contributed by atoms with Crippen molar-refractivity contribution in [1.29, 1.82) is 0 Å². The average molecular weight is 357 g/mol. The number of nitrogens with zero attached hydrogens (tertiary/aromatic N) is 2. The van der Waals surface area contributed by atoms with Gasteiger partial charge < -0.3 is 9.73 Å². The first kappa shape index (κ1) is 17.2. The van der Waals surface area contributed by atoms with Crippen molar-refractivity contribution < 1.29 is 13.6 Å². The third-order valence-electron chi connectivity index (χ3n) is 3.44. The van der Waals surface area contributed by atoms with E-state index < -0.39 is 11.1 Å². The molecule has 128 valence electrons. The molecular weight excluding hydrogens is 341 g/mol. The highest BCUT2D eigenvalue weighted by Gasteiger charge is 2.19. The first-order valence-electron chi connectivity index (χ1n) is 7.65. The van der Waals surface area contributed by atoms with Crippen LogP contribution in [-0.4, -0.2) is 21.4 Å². The fraction of sp³-hybridized carbons (Fsp3) is 0.167. The van der Waals surface area contributed by atoms with Gasteiger partial charge in [0.15, 0.2) is 0 Å². The molecule has 1 unspecified atom stereocenters. The van der Waals surface area contributed by atoms with E-state index in [1.165, 1.54) is 18.2 Å². The fourth-order valence-electron chi connectivity index (χ4n) is 2.09. The topological polar surface area (TPSA) is 68.0 Å². The molecule has 25 heavy (non-hydrogen) atoms. The lowest BCUT2D eigenvalue weighted by Gasteiger charge is -2.09. The van der Waals surface area contributed by atoms with E-state index in [2.05, 4.69) is 15.5 Å². The summed E-state index contributed by atoms with van der Waals surface area (Å²) in [4.78, 5) is 12.2. The molecule has 0 aliphatic rings. The van der Waals surface area contributed by atoms with Gasteiger partial charge in [-0.15, -0.1) is 10.2 Å². The molecule has 3 aromatic rings. The van der Waals surface area contributed by atoms with E-state index in [-0.39, 0.29) is 5.91 Å². The number of hydrogen-bond donors (Lipinski definition) is 1. The van der Waals surface area contributed by atoms with Crippen LogP contribution in [0.3, 0.4) is 0 Å². The summed E-state index contributed by atoms with van der Waals surface area (Å²) in [6.07, 6.45) is 0. The van der Waals surface area contributed by atoms with Crippen molar-refractivity contribution in [2.75, 3.05) is 5.32 Å². The molecule has 0 aliphatic carbocycles. The van der Waals surface area contributed by atoms with Crippen LogP contribution in [0.15, 0.2) is 58.2 Å². The maximum Gasteiger partial charge on any atom is 0.277 e. The number of carbonyl (C=O) groups is 1. The molecular formula is C18H16FN3O2S. The van der Waals surface area contributed by atoms with E-state index in [1.54, 1.807) is 13.0 Å². The van der Waals surface area contributed by atoms with Crippen LogP contribution in [0.25, 0.3) is 11.5 Å². The Morgan fingerprint density at radius 2 is 1.96 bits per heavy atom. The molecule has 0 saturated carbocycles. The summed E-state index contributed by atoms with van der Waals surface area (Å²) < 4.78 is 18.8. The molecule has 2 aromatic carbocycles. The van der Waals surface area contributed by atoms with Crippen molar-refractivity contribution in [2.45, 2.75) is 24.3 Å². The number of benzene rings is 2. The maximum atomic E-state index is 13.2. The zero-order valence-electron chi connectivity index (χ0n) is 13.7. The van der Waals surface area contributed by atoms with E-state index in [4.69, 9.17) is 4.42 Å². The third-order valence-corrected chi connectivity index (χ3v) is 4.38. The SMILES string of the molecule is Cc1ccc(-c2nnc(SC(C)C(=O)Nc3cccc(F)c3)o2)cc1. The number of aromatic nitrogens is 2. The second-order valence-electron chi connectivity index (χ2n) is 5.50. The standard InChI is InChI=1S/C18H16FN3O2S/c1-11-6-8-13(9-7-11)17-21-22-18(24-17)25-12(2)16(23)20-15-5-3-4-14(19)10-15/h3-10,12H,1-2H3,(H,20,23). The van der Waals surface area contributed by atoms with Gasteiger partial charge in [0.2, 0.25) is 11.8 Å². The zero-order chi connectivity index (χ0) is 17.8. The number of amides is 1. The first-order valence-corrected chi connectivity index (χ1v) is 8.53. The molecule has 1 heterocycles. The van der Waals surface area contributed by atoms with Crippen molar-refractivity contribution in [3.05, 3.63) is 59.9 Å². The molecule has 1 atom stereocenters. The fourth-order valence-corrected chi connectivity index (χ4v) is 2.77. The molecule has 0 radical (unpaired) electrons. The minimum absolute atomic E-state index is 0.273. The number of aryl methyl sites for hydroxylation is 1. The number of halogens is 1. The molecule has 1 amide bonds. The van der Waals surface area contributed by atoms with Crippen LogP contribution in [0, 0.1) is 12.7 Å². The molecule has 1 aromatic heterocycles. The number of thioether (sulfide) groups is 1. The summed E-state index contributed by atoms with van der Waals surface area (Å²) in [5.41, 5.74) is 2.37. The van der Waals surface area contributed by atoms with Crippen LogP contribution in [0.1, 0.15) is 12.5 Å². The molecule has 0 saturated heterocycles. The predicted octanol–water partition coefficient (Wildman–Crippen LogP) is 4.30. The molecule has 0 bridgehead atoms. The van der Waals surface area contributed by atoms with Gasteiger partial charge in [-0.05, 0) is 44.2 Å². The Morgan fingerprint density at radius 3 is 2.68 bits per heavy atom. The van der Waals surface area contributed by atoms with E-state index in [0.717, 1.165) is 22.9 Å². The zero-order valence-corrected chi connectivity index (χ0v) is 14.5. The maximum absolute atomic E-state index is 13.2. The van der Waals surface area contributed by atoms with Crippen molar-refractivity contribution in [2.24, 2.45) is 0 Å². The van der Waals surface area contributed by atoms with Crippen LogP contribution in [0.2, 0.25) is 0 Å². The van der Waals surface area contributed by atoms with Gasteiger partial charge in [0.05, 0.1) is 5.25 Å². The summed E-state index contributed by atoms with van der Waals surface area (Å²) in [7, 11) is 0. The van der Waals surface area contributed by atoms with Gasteiger partial charge in [-0.2, -0.15) is 0 Å². The van der Waals surface area contributed by atoms with Crippen LogP contribution < -0.4 is 5.32 Å². The molecule has 0 fully saturated rings. The van der Waals surface area contributed by atoms with Crippen molar-refractivity contribution in [1.82, 2.24) is 10.2 Å². The molecule has 5 nitrogen and oxygen atoms in total. The van der Waals surface area contributed by atoms with Crippen molar-refractivity contribution >= 4 is 23.4 Å². The minimum atomic E-state index is -0.477. The molecule has 7 heteroatoms. The van der Waals surface area contributed by atoms with Crippen LogP contribution in [0.4, 0.5) is 10.1 Å². The molecule has 0 aliphatic heterocycles. The van der Waals surface area contributed by atoms with Gasteiger partial charge in [-0.3, -0.25) is 4.79 Å².